The zero-order valence-corrected chi connectivity index (χ0v) is 18.7. The molecule has 0 spiro atoms. The number of rotatable bonds is 4. The number of hydrogen-bond donors (Lipinski definition) is 0. The maximum absolute atomic E-state index is 14.6. The molecular weight excluding hydrogens is 524 g/mol. The normalized spacial score (nSPS) is 21.9. The second-order valence-electron chi connectivity index (χ2n) is 7.77. The smallest absolute Gasteiger partial charge is 0.444 e. The number of nitrogens with zero attached hydrogens (tertiary/aromatic N) is 1. The first kappa shape index (κ1) is 25.7. The van der Waals surface area contributed by atoms with Crippen LogP contribution >= 0.6 is 15.9 Å². The van der Waals surface area contributed by atoms with Crippen molar-refractivity contribution in [2.24, 2.45) is 0 Å². The van der Waals surface area contributed by atoms with E-state index in [1.54, 1.807) is 0 Å². The first-order chi connectivity index (χ1) is 13.9. The Hall–Kier alpha value is -1.54. The van der Waals surface area contributed by atoms with E-state index in [1.807, 2.05) is 0 Å². The van der Waals surface area contributed by atoms with E-state index < -0.39 is 64.2 Å². The van der Waals surface area contributed by atoms with E-state index in [0.29, 0.717) is 4.90 Å². The Labute approximate surface area is 182 Å². The number of likely N-dealkylation sites (tertiary alicyclic amines) is 1. The van der Waals surface area contributed by atoms with Crippen molar-refractivity contribution >= 4 is 32.1 Å². The van der Waals surface area contributed by atoms with Crippen LogP contribution in [0.1, 0.15) is 26.3 Å². The molecule has 1 aromatic carbocycles. The van der Waals surface area contributed by atoms with E-state index in [9.17, 15) is 39.6 Å². The number of amides is 1. The SMILES string of the molecule is CC(C)(C)OC(=O)N1CC(F)(F)[C@@H](OS(=O)(=O)C(F)(F)F)[C@@H]1Cc1cccc(Br)c1F. The lowest BCUT2D eigenvalue weighted by Crippen LogP contribution is -2.47. The van der Waals surface area contributed by atoms with Gasteiger partial charge in [0.15, 0.2) is 6.10 Å². The first-order valence-corrected chi connectivity index (χ1v) is 10.9. The molecule has 14 heteroatoms. The van der Waals surface area contributed by atoms with Crippen LogP contribution in [0.25, 0.3) is 0 Å². The van der Waals surface area contributed by atoms with Crippen molar-refractivity contribution in [1.82, 2.24) is 4.90 Å². The molecule has 1 heterocycles. The lowest BCUT2D eigenvalue weighted by molar-refractivity contribution is -0.0902. The number of hydrogen-bond acceptors (Lipinski definition) is 5. The van der Waals surface area contributed by atoms with Gasteiger partial charge in [0.05, 0.1) is 17.1 Å². The van der Waals surface area contributed by atoms with Crippen LogP contribution in [0.5, 0.6) is 0 Å². The fourth-order valence-corrected chi connectivity index (χ4v) is 3.93. The highest BCUT2D eigenvalue weighted by Crippen LogP contribution is 2.40. The number of benzene rings is 1. The molecule has 0 aliphatic carbocycles. The molecule has 31 heavy (non-hydrogen) atoms. The summed E-state index contributed by atoms with van der Waals surface area (Å²) in [6.07, 6.45) is -5.04. The summed E-state index contributed by atoms with van der Waals surface area (Å²) in [6, 6.07) is 1.79. The van der Waals surface area contributed by atoms with Crippen molar-refractivity contribution in [1.29, 1.82) is 0 Å². The topological polar surface area (TPSA) is 72.9 Å². The van der Waals surface area contributed by atoms with E-state index in [1.165, 1.54) is 32.9 Å². The van der Waals surface area contributed by atoms with Gasteiger partial charge in [0.1, 0.15) is 11.4 Å². The predicted molar refractivity (Wildman–Crippen MR) is 99.3 cm³/mol. The minimum absolute atomic E-state index is 0.0704. The van der Waals surface area contributed by atoms with Crippen molar-refractivity contribution in [2.45, 2.75) is 56.4 Å². The number of carbonyl (C=O) groups excluding carboxylic acids is 1. The molecule has 0 unspecified atom stereocenters. The molecule has 0 aromatic heterocycles. The monoisotopic (exact) mass is 541 g/mol. The minimum Gasteiger partial charge on any atom is -0.444 e. The van der Waals surface area contributed by atoms with Gasteiger partial charge in [-0.05, 0) is 54.8 Å². The van der Waals surface area contributed by atoms with Gasteiger partial charge in [-0.1, -0.05) is 12.1 Å². The Bertz CT molecular complexity index is 947. The van der Waals surface area contributed by atoms with Crippen LogP contribution in [0.2, 0.25) is 0 Å². The van der Waals surface area contributed by atoms with Gasteiger partial charge in [0.2, 0.25) is 0 Å². The second kappa shape index (κ2) is 8.43. The number of carbonyl (C=O) groups is 1. The highest BCUT2D eigenvalue weighted by atomic mass is 79.9. The molecule has 1 saturated heterocycles. The zero-order valence-electron chi connectivity index (χ0n) is 16.3. The number of alkyl halides is 5. The lowest BCUT2D eigenvalue weighted by Gasteiger charge is -2.30. The van der Waals surface area contributed by atoms with Gasteiger partial charge in [-0.3, -0.25) is 9.08 Å². The Morgan fingerprint density at radius 2 is 1.84 bits per heavy atom. The molecule has 0 N–H and O–H groups in total. The highest BCUT2D eigenvalue weighted by Gasteiger charge is 2.62. The summed E-state index contributed by atoms with van der Waals surface area (Å²) >= 11 is 2.89. The Balaban J connectivity index is 2.51. The van der Waals surface area contributed by atoms with Gasteiger partial charge >= 0.3 is 21.7 Å². The molecule has 1 aromatic rings. The number of halogens is 7. The van der Waals surface area contributed by atoms with Gasteiger partial charge in [-0.15, -0.1) is 0 Å². The molecule has 2 rings (SSSR count). The molecule has 1 amide bonds. The molecule has 1 aliphatic heterocycles. The molecule has 0 radical (unpaired) electrons. The summed E-state index contributed by atoms with van der Waals surface area (Å²) in [5.74, 6) is -5.12. The maximum atomic E-state index is 14.6. The molecule has 6 nitrogen and oxygen atoms in total. The van der Waals surface area contributed by atoms with Crippen LogP contribution in [0.3, 0.4) is 0 Å². The van der Waals surface area contributed by atoms with E-state index in [2.05, 4.69) is 20.1 Å². The van der Waals surface area contributed by atoms with Gasteiger partial charge in [0, 0.05) is 0 Å². The van der Waals surface area contributed by atoms with E-state index in [4.69, 9.17) is 4.74 Å². The molecular formula is C17H18BrF6NO5S. The maximum Gasteiger partial charge on any atom is 0.523 e. The summed E-state index contributed by atoms with van der Waals surface area (Å²) in [5.41, 5.74) is -7.40. The van der Waals surface area contributed by atoms with Crippen LogP contribution in [0.15, 0.2) is 22.7 Å². The second-order valence-corrected chi connectivity index (χ2v) is 10.2. The van der Waals surface area contributed by atoms with Crippen molar-refractivity contribution in [3.05, 3.63) is 34.1 Å². The molecule has 1 fully saturated rings. The Morgan fingerprint density at radius 1 is 1.26 bits per heavy atom. The third kappa shape index (κ3) is 5.83. The van der Waals surface area contributed by atoms with Crippen LogP contribution < -0.4 is 0 Å². The first-order valence-electron chi connectivity index (χ1n) is 8.65. The minimum atomic E-state index is -6.44. The zero-order chi connectivity index (χ0) is 24.0. The summed E-state index contributed by atoms with van der Waals surface area (Å²) in [7, 11) is -6.44. The molecule has 1 aliphatic rings. The van der Waals surface area contributed by atoms with Crippen LogP contribution in [0.4, 0.5) is 31.1 Å². The van der Waals surface area contributed by atoms with Crippen LogP contribution in [-0.2, 0) is 25.5 Å². The highest BCUT2D eigenvalue weighted by molar-refractivity contribution is 9.10. The van der Waals surface area contributed by atoms with Crippen molar-refractivity contribution in [3.8, 4) is 0 Å². The fraction of sp³-hybridized carbons (Fsp3) is 0.588. The third-order valence-corrected chi connectivity index (χ3v) is 5.79. The van der Waals surface area contributed by atoms with Gasteiger partial charge < -0.3 is 4.74 Å². The van der Waals surface area contributed by atoms with Crippen molar-refractivity contribution in [2.75, 3.05) is 6.54 Å². The third-order valence-electron chi connectivity index (χ3n) is 4.15. The quantitative estimate of drug-likeness (QED) is 0.316. The van der Waals surface area contributed by atoms with Crippen molar-refractivity contribution in [3.63, 3.8) is 0 Å². The van der Waals surface area contributed by atoms with Crippen LogP contribution in [0, 0.1) is 5.82 Å². The van der Waals surface area contributed by atoms with E-state index in [-0.39, 0.29) is 10.0 Å². The summed E-state index contributed by atoms with van der Waals surface area (Å²) < 4.78 is 113. The number of ether oxygens (including phenoxy) is 1. The fourth-order valence-electron chi connectivity index (χ4n) is 2.87. The summed E-state index contributed by atoms with van der Waals surface area (Å²) in [6.45, 7) is 2.78. The lowest BCUT2D eigenvalue weighted by atomic mass is 10.0. The Morgan fingerprint density at radius 3 is 2.35 bits per heavy atom. The average molecular weight is 542 g/mol. The standard InChI is InChI=1S/C17H18BrF6NO5S/c1-15(2,3)29-14(26)25-8-16(20,21)13(30-31(27,28)17(22,23)24)11(25)7-9-5-4-6-10(18)12(9)19/h4-6,11,13H,7-8H2,1-3H3/t11-,13-/m0/s1. The van der Waals surface area contributed by atoms with Gasteiger partial charge in [0.25, 0.3) is 5.92 Å². The molecule has 2 atom stereocenters. The summed E-state index contributed by atoms with van der Waals surface area (Å²) in [5, 5.41) is 0. The van der Waals surface area contributed by atoms with Gasteiger partial charge in [-0.25, -0.2) is 18.0 Å². The van der Waals surface area contributed by atoms with Crippen molar-refractivity contribution < 1.29 is 48.5 Å². The molecule has 176 valence electrons. The van der Waals surface area contributed by atoms with Gasteiger partial charge in [-0.2, -0.15) is 21.6 Å². The average Bonchev–Trinajstić information content (AvgIpc) is 2.80. The molecule has 0 bridgehead atoms. The van der Waals surface area contributed by atoms with E-state index in [0.717, 1.165) is 6.07 Å². The van der Waals surface area contributed by atoms with Crippen LogP contribution in [-0.4, -0.2) is 55.1 Å². The molecule has 0 saturated carbocycles. The summed E-state index contributed by atoms with van der Waals surface area (Å²) in [4.78, 5) is 12.8. The van der Waals surface area contributed by atoms with E-state index >= 15 is 0 Å². The predicted octanol–water partition coefficient (Wildman–Crippen LogP) is 4.62. The Kier molecular flexibility index (Phi) is 6.99. The largest absolute Gasteiger partial charge is 0.523 e.